The fourth-order valence-corrected chi connectivity index (χ4v) is 2.11. The SMILES string of the molecule is COc1cccc2c1CCC(C=O)C2. The quantitative estimate of drug-likeness (QED) is 0.667. The molecule has 1 aliphatic rings. The molecule has 0 saturated heterocycles. The molecule has 0 aromatic heterocycles. The van der Waals surface area contributed by atoms with Gasteiger partial charge in [0.2, 0.25) is 0 Å². The van der Waals surface area contributed by atoms with Gasteiger partial charge in [0.15, 0.2) is 0 Å². The molecule has 0 fully saturated rings. The number of methoxy groups -OCH3 is 1. The lowest BCUT2D eigenvalue weighted by Crippen LogP contribution is -2.15. The van der Waals surface area contributed by atoms with Gasteiger partial charge in [-0.1, -0.05) is 12.1 Å². The van der Waals surface area contributed by atoms with Gasteiger partial charge in [0.25, 0.3) is 0 Å². The Morgan fingerprint density at radius 1 is 1.50 bits per heavy atom. The second-order valence-corrected chi connectivity index (χ2v) is 3.74. The summed E-state index contributed by atoms with van der Waals surface area (Å²) in [5, 5.41) is 0. The molecule has 0 heterocycles. The molecule has 0 bridgehead atoms. The molecule has 2 rings (SSSR count). The van der Waals surface area contributed by atoms with E-state index in [-0.39, 0.29) is 5.92 Å². The van der Waals surface area contributed by atoms with Gasteiger partial charge in [-0.05, 0) is 36.5 Å². The topological polar surface area (TPSA) is 26.3 Å². The van der Waals surface area contributed by atoms with E-state index in [1.54, 1.807) is 7.11 Å². The smallest absolute Gasteiger partial charge is 0.123 e. The Bertz CT molecular complexity index is 344. The lowest BCUT2D eigenvalue weighted by Gasteiger charge is -2.22. The minimum Gasteiger partial charge on any atom is -0.496 e. The van der Waals surface area contributed by atoms with Crippen LogP contribution in [0.5, 0.6) is 5.75 Å². The molecule has 0 aliphatic heterocycles. The molecule has 0 radical (unpaired) electrons. The number of fused-ring (bicyclic) bond motifs is 1. The third kappa shape index (κ3) is 1.52. The Morgan fingerprint density at radius 2 is 2.36 bits per heavy atom. The highest BCUT2D eigenvalue weighted by Gasteiger charge is 2.20. The highest BCUT2D eigenvalue weighted by atomic mass is 16.5. The highest BCUT2D eigenvalue weighted by molar-refractivity contribution is 5.56. The van der Waals surface area contributed by atoms with Crippen LogP contribution in [0.3, 0.4) is 0 Å². The monoisotopic (exact) mass is 190 g/mol. The van der Waals surface area contributed by atoms with Gasteiger partial charge in [-0.2, -0.15) is 0 Å². The maximum Gasteiger partial charge on any atom is 0.123 e. The van der Waals surface area contributed by atoms with Gasteiger partial charge in [-0.25, -0.2) is 0 Å². The van der Waals surface area contributed by atoms with Gasteiger partial charge in [0.05, 0.1) is 7.11 Å². The minimum atomic E-state index is 0.203. The summed E-state index contributed by atoms with van der Waals surface area (Å²) in [6.07, 6.45) is 3.86. The molecule has 2 heteroatoms. The van der Waals surface area contributed by atoms with E-state index in [2.05, 4.69) is 6.07 Å². The standard InChI is InChI=1S/C12H14O2/c1-14-12-4-2-3-10-7-9(8-13)5-6-11(10)12/h2-4,8-9H,5-7H2,1H3. The van der Waals surface area contributed by atoms with Gasteiger partial charge in [0.1, 0.15) is 12.0 Å². The molecule has 1 aromatic rings. The highest BCUT2D eigenvalue weighted by Crippen LogP contribution is 2.31. The lowest BCUT2D eigenvalue weighted by molar-refractivity contribution is -0.111. The van der Waals surface area contributed by atoms with E-state index < -0.39 is 0 Å². The summed E-state index contributed by atoms with van der Waals surface area (Å²) >= 11 is 0. The predicted octanol–water partition coefficient (Wildman–Crippen LogP) is 2.00. The average Bonchev–Trinajstić information content (AvgIpc) is 2.27. The maximum atomic E-state index is 10.7. The maximum absolute atomic E-state index is 10.7. The van der Waals surface area contributed by atoms with Crippen LogP contribution in [0.1, 0.15) is 17.5 Å². The van der Waals surface area contributed by atoms with Crippen LogP contribution in [0.2, 0.25) is 0 Å². The third-order valence-electron chi connectivity index (χ3n) is 2.89. The van der Waals surface area contributed by atoms with Crippen LogP contribution >= 0.6 is 0 Å². The van der Waals surface area contributed by atoms with E-state index in [4.69, 9.17) is 4.74 Å². The first-order valence-electron chi connectivity index (χ1n) is 4.95. The van der Waals surface area contributed by atoms with Crippen molar-refractivity contribution in [2.45, 2.75) is 19.3 Å². The van der Waals surface area contributed by atoms with E-state index in [1.165, 1.54) is 11.1 Å². The van der Waals surface area contributed by atoms with E-state index >= 15 is 0 Å². The predicted molar refractivity (Wildman–Crippen MR) is 54.6 cm³/mol. The van der Waals surface area contributed by atoms with E-state index in [0.29, 0.717) is 0 Å². The minimum absolute atomic E-state index is 0.203. The molecule has 0 N–H and O–H groups in total. The van der Waals surface area contributed by atoms with E-state index in [9.17, 15) is 4.79 Å². The summed E-state index contributed by atoms with van der Waals surface area (Å²) in [6, 6.07) is 6.07. The summed E-state index contributed by atoms with van der Waals surface area (Å²) in [5.41, 5.74) is 2.56. The van der Waals surface area contributed by atoms with Crippen LogP contribution < -0.4 is 4.74 Å². The first-order chi connectivity index (χ1) is 6.85. The van der Waals surface area contributed by atoms with Gasteiger partial charge in [0, 0.05) is 5.92 Å². The fourth-order valence-electron chi connectivity index (χ4n) is 2.11. The molecule has 0 spiro atoms. The summed E-state index contributed by atoms with van der Waals surface area (Å²) < 4.78 is 5.29. The molecule has 1 aromatic carbocycles. The second kappa shape index (κ2) is 3.82. The molecule has 1 unspecified atom stereocenters. The van der Waals surface area contributed by atoms with Crippen molar-refractivity contribution in [2.75, 3.05) is 7.11 Å². The zero-order valence-corrected chi connectivity index (χ0v) is 8.32. The van der Waals surface area contributed by atoms with Crippen LogP contribution in [0.4, 0.5) is 0 Å². The number of benzene rings is 1. The fraction of sp³-hybridized carbons (Fsp3) is 0.417. The van der Waals surface area contributed by atoms with Crippen molar-refractivity contribution < 1.29 is 9.53 Å². The molecule has 2 nitrogen and oxygen atoms in total. The van der Waals surface area contributed by atoms with Crippen molar-refractivity contribution in [3.8, 4) is 5.75 Å². The summed E-state index contributed by atoms with van der Waals surface area (Å²) in [7, 11) is 1.70. The molecular formula is C12H14O2. The van der Waals surface area contributed by atoms with Gasteiger partial charge < -0.3 is 9.53 Å². The van der Waals surface area contributed by atoms with Crippen LogP contribution in [0, 0.1) is 5.92 Å². The summed E-state index contributed by atoms with van der Waals surface area (Å²) in [5.74, 6) is 1.17. The van der Waals surface area contributed by atoms with E-state index in [1.807, 2.05) is 12.1 Å². The Hall–Kier alpha value is -1.31. The van der Waals surface area contributed by atoms with Crippen molar-refractivity contribution >= 4 is 6.29 Å². The first-order valence-corrected chi connectivity index (χ1v) is 4.95. The summed E-state index contributed by atoms with van der Waals surface area (Å²) in [6.45, 7) is 0. The van der Waals surface area contributed by atoms with Crippen molar-refractivity contribution in [1.29, 1.82) is 0 Å². The molecule has 1 aliphatic carbocycles. The van der Waals surface area contributed by atoms with Crippen LogP contribution in [-0.2, 0) is 17.6 Å². The molecule has 0 amide bonds. The largest absolute Gasteiger partial charge is 0.496 e. The lowest BCUT2D eigenvalue weighted by atomic mass is 9.84. The van der Waals surface area contributed by atoms with Gasteiger partial charge >= 0.3 is 0 Å². The number of aldehydes is 1. The van der Waals surface area contributed by atoms with Crippen molar-refractivity contribution in [2.24, 2.45) is 5.92 Å². The molecule has 1 atom stereocenters. The third-order valence-corrected chi connectivity index (χ3v) is 2.89. The van der Waals surface area contributed by atoms with Crippen molar-refractivity contribution in [3.63, 3.8) is 0 Å². The molecule has 14 heavy (non-hydrogen) atoms. The average molecular weight is 190 g/mol. The van der Waals surface area contributed by atoms with E-state index in [0.717, 1.165) is 31.3 Å². The Balaban J connectivity index is 2.35. The summed E-state index contributed by atoms with van der Waals surface area (Å²) in [4.78, 5) is 10.7. The Morgan fingerprint density at radius 3 is 3.07 bits per heavy atom. The first kappa shape index (κ1) is 9.25. The molecule has 74 valence electrons. The number of rotatable bonds is 2. The normalized spacial score (nSPS) is 19.9. The number of ether oxygens (including phenoxy) is 1. The number of carbonyl (C=O) groups is 1. The Labute approximate surface area is 83.9 Å². The van der Waals surface area contributed by atoms with Gasteiger partial charge in [-0.3, -0.25) is 0 Å². The van der Waals surface area contributed by atoms with Crippen molar-refractivity contribution in [1.82, 2.24) is 0 Å². The van der Waals surface area contributed by atoms with Crippen LogP contribution in [0.25, 0.3) is 0 Å². The zero-order valence-electron chi connectivity index (χ0n) is 8.32. The van der Waals surface area contributed by atoms with Crippen LogP contribution in [0.15, 0.2) is 18.2 Å². The zero-order chi connectivity index (χ0) is 9.97. The number of hydrogen-bond donors (Lipinski definition) is 0. The number of carbonyl (C=O) groups excluding carboxylic acids is 1. The Kier molecular flexibility index (Phi) is 2.53. The van der Waals surface area contributed by atoms with Gasteiger partial charge in [-0.15, -0.1) is 0 Å². The molecular weight excluding hydrogens is 176 g/mol. The van der Waals surface area contributed by atoms with Crippen molar-refractivity contribution in [3.05, 3.63) is 29.3 Å². The molecule has 0 saturated carbocycles. The van der Waals surface area contributed by atoms with Crippen LogP contribution in [-0.4, -0.2) is 13.4 Å². The number of hydrogen-bond acceptors (Lipinski definition) is 2. The second-order valence-electron chi connectivity index (χ2n) is 3.74.